The molecule has 0 aliphatic carbocycles. The fourth-order valence-corrected chi connectivity index (χ4v) is 3.71. The van der Waals surface area contributed by atoms with Crippen molar-refractivity contribution in [2.24, 2.45) is 0 Å². The first kappa shape index (κ1) is 30.6. The topological polar surface area (TPSA) is 156 Å². The van der Waals surface area contributed by atoms with Crippen molar-refractivity contribution in [3.63, 3.8) is 0 Å². The van der Waals surface area contributed by atoms with Crippen LogP contribution in [0.2, 0.25) is 0 Å². The minimum Gasteiger partial charge on any atom is -0.491 e. The van der Waals surface area contributed by atoms with E-state index in [1.165, 1.54) is 0 Å². The Hall–Kier alpha value is -3.66. The van der Waals surface area contributed by atoms with Gasteiger partial charge in [-0.15, -0.1) is 11.3 Å². The smallest absolute Gasteiger partial charge is 0.408 e. The van der Waals surface area contributed by atoms with Gasteiger partial charge in [0.25, 0.3) is 5.91 Å². The summed E-state index contributed by atoms with van der Waals surface area (Å²) in [5.41, 5.74) is -0.00910. The van der Waals surface area contributed by atoms with Crippen molar-refractivity contribution in [1.82, 2.24) is 10.6 Å². The summed E-state index contributed by atoms with van der Waals surface area (Å²) >= 11 is 1.14. The molecule has 38 heavy (non-hydrogen) atoms. The maximum absolute atomic E-state index is 11.9. The summed E-state index contributed by atoms with van der Waals surface area (Å²) in [6, 6.07) is 11.0. The van der Waals surface area contributed by atoms with E-state index in [1.54, 1.807) is 57.2 Å². The molecule has 0 saturated heterocycles. The molecule has 0 bridgehead atoms. The highest BCUT2D eigenvalue weighted by Crippen LogP contribution is 2.15. The van der Waals surface area contributed by atoms with Gasteiger partial charge in [0.1, 0.15) is 34.9 Å². The van der Waals surface area contributed by atoms with Crippen LogP contribution in [0, 0.1) is 11.3 Å². The lowest BCUT2D eigenvalue weighted by Crippen LogP contribution is -2.44. The number of alkyl carbamates (subject to hydrolysis) is 1. The summed E-state index contributed by atoms with van der Waals surface area (Å²) in [5.74, 6) is -0.791. The summed E-state index contributed by atoms with van der Waals surface area (Å²) in [5, 5.41) is 23.3. The minimum absolute atomic E-state index is 0.0950. The predicted molar refractivity (Wildman–Crippen MR) is 139 cm³/mol. The first-order valence-corrected chi connectivity index (χ1v) is 12.8. The number of benzene rings is 1. The van der Waals surface area contributed by atoms with Gasteiger partial charge in [0.2, 0.25) is 0 Å². The van der Waals surface area contributed by atoms with E-state index >= 15 is 0 Å². The molecule has 2 amide bonds. The summed E-state index contributed by atoms with van der Waals surface area (Å²) in [6.07, 6.45) is -0.690. The van der Waals surface area contributed by atoms with Crippen LogP contribution in [0.15, 0.2) is 36.4 Å². The predicted octanol–water partition coefficient (Wildman–Crippen LogP) is 2.98. The van der Waals surface area contributed by atoms with Crippen molar-refractivity contribution in [1.29, 1.82) is 5.26 Å². The van der Waals surface area contributed by atoms with E-state index in [0.29, 0.717) is 60.6 Å². The third-order valence-corrected chi connectivity index (χ3v) is 5.68. The average molecular weight is 548 g/mol. The van der Waals surface area contributed by atoms with Gasteiger partial charge >= 0.3 is 12.1 Å². The van der Waals surface area contributed by atoms with E-state index in [-0.39, 0.29) is 12.3 Å². The molecule has 1 unspecified atom stereocenters. The van der Waals surface area contributed by atoms with Gasteiger partial charge in [-0.2, -0.15) is 5.26 Å². The lowest BCUT2D eigenvalue weighted by atomic mass is 10.1. The van der Waals surface area contributed by atoms with E-state index in [0.717, 1.165) is 11.3 Å². The third kappa shape index (κ3) is 12.1. The highest BCUT2D eigenvalue weighted by Gasteiger charge is 2.24. The lowest BCUT2D eigenvalue weighted by molar-refractivity contribution is -0.139. The summed E-state index contributed by atoms with van der Waals surface area (Å²) in [6.45, 7) is 7.19. The van der Waals surface area contributed by atoms with Crippen LogP contribution in [0.3, 0.4) is 0 Å². The molecule has 0 aliphatic rings. The molecule has 0 fully saturated rings. The Morgan fingerprint density at radius 1 is 1.00 bits per heavy atom. The van der Waals surface area contributed by atoms with Gasteiger partial charge in [-0.25, -0.2) is 9.59 Å². The van der Waals surface area contributed by atoms with Crippen molar-refractivity contribution in [2.45, 2.75) is 38.8 Å². The number of aliphatic carboxylic acids is 1. The fourth-order valence-electron chi connectivity index (χ4n) is 2.99. The van der Waals surface area contributed by atoms with Crippen LogP contribution in [0.5, 0.6) is 5.75 Å². The highest BCUT2D eigenvalue weighted by molar-refractivity contribution is 7.14. The Bertz CT molecular complexity index is 1090. The van der Waals surface area contributed by atoms with E-state index in [1.807, 2.05) is 6.07 Å². The van der Waals surface area contributed by atoms with Crippen molar-refractivity contribution in [2.75, 3.05) is 39.6 Å². The molecule has 2 rings (SSSR count). The molecule has 2 aromatic rings. The summed E-state index contributed by atoms with van der Waals surface area (Å²) < 4.78 is 21.6. The Labute approximate surface area is 225 Å². The number of carbonyl (C=O) groups is 3. The number of nitriles is 1. The number of nitrogens with zero attached hydrogens (tertiary/aromatic N) is 1. The number of carboxylic acid groups (broad SMARTS) is 1. The average Bonchev–Trinajstić information content (AvgIpc) is 3.34. The molecule has 11 nitrogen and oxygen atoms in total. The van der Waals surface area contributed by atoms with Crippen LogP contribution in [-0.2, 0) is 25.4 Å². The molecule has 1 heterocycles. The Morgan fingerprint density at radius 3 is 2.26 bits per heavy atom. The molecule has 3 N–H and O–H groups in total. The van der Waals surface area contributed by atoms with Gasteiger partial charge in [-0.05, 0) is 50.6 Å². The molecular formula is C26H33N3O8S. The number of ether oxygens (including phenoxy) is 4. The number of rotatable bonds is 15. The summed E-state index contributed by atoms with van der Waals surface area (Å²) in [7, 11) is 0. The molecule has 1 atom stereocenters. The number of amides is 2. The van der Waals surface area contributed by atoms with Crippen molar-refractivity contribution in [3.05, 3.63) is 51.7 Å². The van der Waals surface area contributed by atoms with E-state index in [2.05, 4.69) is 10.6 Å². The molecule has 1 aromatic carbocycles. The molecule has 0 saturated carbocycles. The van der Waals surface area contributed by atoms with Crippen molar-refractivity contribution in [3.8, 4) is 11.8 Å². The van der Waals surface area contributed by atoms with Gasteiger partial charge in [0.05, 0.1) is 31.3 Å². The fraction of sp³-hybridized carbons (Fsp3) is 0.462. The number of carboxylic acids is 1. The van der Waals surface area contributed by atoms with Crippen molar-refractivity contribution < 1.29 is 38.4 Å². The SMILES string of the molecule is CC(C)(C)OC(=O)NC(Cc1ccc(OCCOCCOCCNC(=O)c2ccc(C#N)s2)cc1)C(=O)O. The number of hydrogen-bond acceptors (Lipinski definition) is 9. The molecule has 12 heteroatoms. The Kier molecular flexibility index (Phi) is 12.5. The zero-order valence-corrected chi connectivity index (χ0v) is 22.5. The van der Waals surface area contributed by atoms with Gasteiger partial charge in [-0.1, -0.05) is 12.1 Å². The highest BCUT2D eigenvalue weighted by atomic mass is 32.1. The standard InChI is InChI=1S/C26H33N3O8S/c1-26(2,3)37-25(33)29-21(24(31)32)16-18-4-6-19(7-5-18)36-15-14-35-13-12-34-11-10-28-23(30)22-9-8-20(17-27)38-22/h4-9,21H,10-16H2,1-3H3,(H,28,30)(H,29,33)(H,31,32). The van der Waals surface area contributed by atoms with Crippen molar-refractivity contribution >= 4 is 29.3 Å². The van der Waals surface area contributed by atoms with Gasteiger partial charge in [-0.3, -0.25) is 4.79 Å². The number of thiophene rings is 1. The lowest BCUT2D eigenvalue weighted by Gasteiger charge is -2.22. The van der Waals surface area contributed by atoms with Crippen LogP contribution in [0.25, 0.3) is 0 Å². The maximum atomic E-state index is 11.9. The minimum atomic E-state index is -1.16. The van der Waals surface area contributed by atoms with Crippen LogP contribution in [-0.4, -0.2) is 74.3 Å². The van der Waals surface area contributed by atoms with Crippen LogP contribution < -0.4 is 15.4 Å². The molecule has 0 radical (unpaired) electrons. The molecule has 1 aromatic heterocycles. The van der Waals surface area contributed by atoms with Gasteiger partial charge < -0.3 is 34.7 Å². The van der Waals surface area contributed by atoms with Crippen LogP contribution in [0.1, 0.15) is 40.9 Å². The zero-order chi connectivity index (χ0) is 28.0. The normalized spacial score (nSPS) is 11.7. The third-order valence-electron chi connectivity index (χ3n) is 4.69. The monoisotopic (exact) mass is 547 g/mol. The maximum Gasteiger partial charge on any atom is 0.408 e. The van der Waals surface area contributed by atoms with Crippen LogP contribution in [0.4, 0.5) is 4.79 Å². The largest absolute Gasteiger partial charge is 0.491 e. The molecule has 206 valence electrons. The second kappa shape index (κ2) is 15.6. The molecule has 0 aliphatic heterocycles. The molecular weight excluding hydrogens is 514 g/mol. The number of carbonyl (C=O) groups excluding carboxylic acids is 2. The number of hydrogen-bond donors (Lipinski definition) is 3. The zero-order valence-electron chi connectivity index (χ0n) is 21.7. The second-order valence-electron chi connectivity index (χ2n) is 8.99. The number of nitrogens with one attached hydrogen (secondary N) is 2. The van der Waals surface area contributed by atoms with Gasteiger partial charge in [0.15, 0.2) is 0 Å². The summed E-state index contributed by atoms with van der Waals surface area (Å²) in [4.78, 5) is 36.3. The van der Waals surface area contributed by atoms with Gasteiger partial charge in [0, 0.05) is 13.0 Å². The Balaban J connectivity index is 1.56. The second-order valence-corrected chi connectivity index (χ2v) is 10.1. The quantitative estimate of drug-likeness (QED) is 0.285. The van der Waals surface area contributed by atoms with Crippen LogP contribution >= 0.6 is 11.3 Å². The molecule has 0 spiro atoms. The first-order chi connectivity index (χ1) is 18.1. The van der Waals surface area contributed by atoms with E-state index in [4.69, 9.17) is 24.2 Å². The van der Waals surface area contributed by atoms with E-state index < -0.39 is 23.7 Å². The Morgan fingerprint density at radius 2 is 1.66 bits per heavy atom. The van der Waals surface area contributed by atoms with E-state index in [9.17, 15) is 19.5 Å². The first-order valence-electron chi connectivity index (χ1n) is 11.9.